The predicted molar refractivity (Wildman–Crippen MR) is 78.7 cm³/mol. The Morgan fingerprint density at radius 2 is 2.30 bits per heavy atom. The molecule has 5 heteroatoms. The molecule has 2 rings (SSSR count). The van der Waals surface area contributed by atoms with Crippen LogP contribution in [0.1, 0.15) is 37.3 Å². The number of amides is 1. The van der Waals surface area contributed by atoms with Crippen LogP contribution in [0.25, 0.3) is 0 Å². The van der Waals surface area contributed by atoms with Gasteiger partial charge in [-0.2, -0.15) is 0 Å². The highest BCUT2D eigenvalue weighted by Crippen LogP contribution is 2.39. The Bertz CT molecular complexity index is 504. The van der Waals surface area contributed by atoms with Crippen molar-refractivity contribution in [1.82, 2.24) is 5.32 Å². The summed E-state index contributed by atoms with van der Waals surface area (Å²) in [6, 6.07) is 3.77. The zero-order valence-electron chi connectivity index (χ0n) is 12.0. The van der Waals surface area contributed by atoms with Crippen LogP contribution in [-0.4, -0.2) is 25.2 Å². The Morgan fingerprint density at radius 3 is 2.95 bits per heavy atom. The maximum atomic E-state index is 11.9. The van der Waals surface area contributed by atoms with E-state index in [4.69, 9.17) is 21.1 Å². The number of hydrogen-bond donors (Lipinski definition) is 1. The Morgan fingerprint density at radius 1 is 1.55 bits per heavy atom. The molecular weight excluding hydrogens is 278 g/mol. The molecule has 1 heterocycles. The lowest BCUT2D eigenvalue weighted by atomic mass is 10.0. The van der Waals surface area contributed by atoms with Crippen molar-refractivity contribution in [3.05, 3.63) is 23.3 Å². The topological polar surface area (TPSA) is 47.6 Å². The first-order valence-corrected chi connectivity index (χ1v) is 7.38. The molecule has 1 aromatic carbocycles. The minimum absolute atomic E-state index is 0.146. The molecular formula is C15H20ClNO3. The average molecular weight is 298 g/mol. The second-order valence-corrected chi connectivity index (χ2v) is 5.26. The van der Waals surface area contributed by atoms with E-state index in [0.29, 0.717) is 24.5 Å². The van der Waals surface area contributed by atoms with E-state index in [1.54, 1.807) is 0 Å². The van der Waals surface area contributed by atoms with Crippen LogP contribution in [0.2, 0.25) is 0 Å². The van der Waals surface area contributed by atoms with Gasteiger partial charge in [0.25, 0.3) is 0 Å². The van der Waals surface area contributed by atoms with Gasteiger partial charge in [-0.3, -0.25) is 4.79 Å². The van der Waals surface area contributed by atoms with Gasteiger partial charge in [0.15, 0.2) is 0 Å². The molecule has 0 aromatic heterocycles. The van der Waals surface area contributed by atoms with Crippen molar-refractivity contribution in [2.45, 2.75) is 38.7 Å². The zero-order valence-corrected chi connectivity index (χ0v) is 12.8. The highest BCUT2D eigenvalue weighted by molar-refractivity contribution is 6.31. The number of likely N-dealkylation sites (N-methyl/N-ethyl adjacent to an activating group) is 1. The van der Waals surface area contributed by atoms with Crippen LogP contribution < -0.4 is 14.8 Å². The quantitative estimate of drug-likeness (QED) is 0.850. The number of carbonyl (C=O) groups is 1. The number of carbonyl (C=O) groups excluding carboxylic acids is 1. The van der Waals surface area contributed by atoms with E-state index in [-0.39, 0.29) is 12.0 Å². The molecule has 2 unspecified atom stereocenters. The van der Waals surface area contributed by atoms with Gasteiger partial charge in [-0.05, 0) is 32.9 Å². The summed E-state index contributed by atoms with van der Waals surface area (Å²) in [6.45, 7) is 6.86. The van der Waals surface area contributed by atoms with Gasteiger partial charge >= 0.3 is 0 Å². The molecule has 0 fully saturated rings. The van der Waals surface area contributed by atoms with Gasteiger partial charge in [-0.1, -0.05) is 0 Å². The molecule has 1 N–H and O–H groups in total. The summed E-state index contributed by atoms with van der Waals surface area (Å²) in [6.07, 6.45) is 0.997. The number of nitrogens with one attached hydrogen (secondary N) is 1. The number of fused-ring (bicyclic) bond motifs is 1. The SMILES string of the molecule is CCNC(=O)C(Cl)c1cc2c(cc1OCC)CC(C)O2. The third-order valence-electron chi connectivity index (χ3n) is 3.18. The number of halogens is 1. The van der Waals surface area contributed by atoms with Gasteiger partial charge in [0.05, 0.1) is 6.61 Å². The van der Waals surface area contributed by atoms with Crippen molar-refractivity contribution in [2.24, 2.45) is 0 Å². The minimum atomic E-state index is -0.777. The smallest absolute Gasteiger partial charge is 0.242 e. The Balaban J connectivity index is 2.35. The molecule has 1 amide bonds. The minimum Gasteiger partial charge on any atom is -0.494 e. The van der Waals surface area contributed by atoms with Crippen LogP contribution in [0.15, 0.2) is 12.1 Å². The molecule has 1 aromatic rings. The molecule has 0 radical (unpaired) electrons. The van der Waals surface area contributed by atoms with Crippen molar-refractivity contribution in [3.8, 4) is 11.5 Å². The highest BCUT2D eigenvalue weighted by atomic mass is 35.5. The Labute approximate surface area is 124 Å². The standard InChI is InChI=1S/C15H20ClNO3/c1-4-17-15(18)14(16)11-8-12-10(6-9(3)20-12)7-13(11)19-5-2/h7-9,14H,4-6H2,1-3H3,(H,17,18). The van der Waals surface area contributed by atoms with Crippen molar-refractivity contribution in [2.75, 3.05) is 13.2 Å². The van der Waals surface area contributed by atoms with E-state index >= 15 is 0 Å². The summed E-state index contributed by atoms with van der Waals surface area (Å²) in [5, 5.41) is 1.95. The largest absolute Gasteiger partial charge is 0.494 e. The molecule has 0 bridgehead atoms. The fourth-order valence-electron chi connectivity index (χ4n) is 2.34. The Hall–Kier alpha value is -1.42. The van der Waals surface area contributed by atoms with Gasteiger partial charge in [-0.25, -0.2) is 0 Å². The fraction of sp³-hybridized carbons (Fsp3) is 0.533. The molecule has 0 aliphatic carbocycles. The number of benzene rings is 1. The summed E-state index contributed by atoms with van der Waals surface area (Å²) >= 11 is 6.27. The first kappa shape index (κ1) is 15.0. The van der Waals surface area contributed by atoms with Crippen molar-refractivity contribution in [3.63, 3.8) is 0 Å². The van der Waals surface area contributed by atoms with E-state index in [9.17, 15) is 4.79 Å². The third kappa shape index (κ3) is 3.01. The molecule has 0 saturated carbocycles. The maximum Gasteiger partial charge on any atom is 0.242 e. The maximum absolute atomic E-state index is 11.9. The molecule has 4 nitrogen and oxygen atoms in total. The van der Waals surface area contributed by atoms with Crippen LogP contribution in [0.5, 0.6) is 11.5 Å². The summed E-state index contributed by atoms with van der Waals surface area (Å²) in [5.41, 5.74) is 1.76. The summed E-state index contributed by atoms with van der Waals surface area (Å²) in [7, 11) is 0. The average Bonchev–Trinajstić information content (AvgIpc) is 2.77. The summed E-state index contributed by atoms with van der Waals surface area (Å²) < 4.78 is 11.4. The molecule has 110 valence electrons. The number of alkyl halides is 1. The lowest BCUT2D eigenvalue weighted by Crippen LogP contribution is -2.26. The lowest BCUT2D eigenvalue weighted by molar-refractivity contribution is -0.120. The highest BCUT2D eigenvalue weighted by Gasteiger charge is 2.27. The molecule has 0 saturated heterocycles. The molecule has 1 aliphatic rings. The van der Waals surface area contributed by atoms with Crippen molar-refractivity contribution in [1.29, 1.82) is 0 Å². The predicted octanol–water partition coefficient (Wildman–Crippen LogP) is 2.82. The van der Waals surface area contributed by atoms with Crippen molar-refractivity contribution >= 4 is 17.5 Å². The van der Waals surface area contributed by atoms with Gasteiger partial charge in [0.1, 0.15) is 23.0 Å². The molecule has 0 spiro atoms. The zero-order chi connectivity index (χ0) is 14.7. The van der Waals surface area contributed by atoms with Gasteiger partial charge in [-0.15, -0.1) is 11.6 Å². The van der Waals surface area contributed by atoms with Gasteiger partial charge < -0.3 is 14.8 Å². The summed E-state index contributed by atoms with van der Waals surface area (Å²) in [5.74, 6) is 1.24. The normalized spacial score (nSPS) is 18.1. The monoisotopic (exact) mass is 297 g/mol. The van der Waals surface area contributed by atoms with E-state index in [1.807, 2.05) is 32.9 Å². The number of ether oxygens (including phenoxy) is 2. The second kappa shape index (κ2) is 6.35. The van der Waals surface area contributed by atoms with Crippen LogP contribution in [0.4, 0.5) is 0 Å². The third-order valence-corrected chi connectivity index (χ3v) is 3.62. The van der Waals surface area contributed by atoms with Crippen LogP contribution in [-0.2, 0) is 11.2 Å². The van der Waals surface area contributed by atoms with Crippen LogP contribution in [0.3, 0.4) is 0 Å². The Kier molecular flexibility index (Phi) is 4.76. The van der Waals surface area contributed by atoms with E-state index in [2.05, 4.69) is 5.32 Å². The van der Waals surface area contributed by atoms with Gasteiger partial charge in [0, 0.05) is 24.1 Å². The van der Waals surface area contributed by atoms with Crippen molar-refractivity contribution < 1.29 is 14.3 Å². The first-order valence-electron chi connectivity index (χ1n) is 6.94. The van der Waals surface area contributed by atoms with E-state index in [0.717, 1.165) is 17.7 Å². The lowest BCUT2D eigenvalue weighted by Gasteiger charge is -2.16. The number of hydrogen-bond acceptors (Lipinski definition) is 3. The second-order valence-electron chi connectivity index (χ2n) is 4.82. The molecule has 1 aliphatic heterocycles. The number of rotatable bonds is 5. The van der Waals surface area contributed by atoms with Crippen LogP contribution in [0, 0.1) is 0 Å². The van der Waals surface area contributed by atoms with Crippen LogP contribution >= 0.6 is 11.6 Å². The van der Waals surface area contributed by atoms with E-state index in [1.165, 1.54) is 0 Å². The summed E-state index contributed by atoms with van der Waals surface area (Å²) in [4.78, 5) is 11.9. The molecule has 2 atom stereocenters. The van der Waals surface area contributed by atoms with Gasteiger partial charge in [0.2, 0.25) is 5.91 Å². The first-order chi connectivity index (χ1) is 9.56. The van der Waals surface area contributed by atoms with E-state index < -0.39 is 5.38 Å². The fourth-order valence-corrected chi connectivity index (χ4v) is 2.59. The molecule has 20 heavy (non-hydrogen) atoms.